The largest absolute Gasteiger partial charge is 0.300 e. The fraction of sp³-hybridized carbons (Fsp3) is 0.867. The molecule has 1 aliphatic carbocycles. The van der Waals surface area contributed by atoms with E-state index in [0.29, 0.717) is 18.6 Å². The average molecular weight is 238 g/mol. The fourth-order valence-electron chi connectivity index (χ4n) is 2.71. The summed E-state index contributed by atoms with van der Waals surface area (Å²) in [5.74, 6) is 0.473. The average Bonchev–Trinajstić information content (AvgIpc) is 2.23. The van der Waals surface area contributed by atoms with Crippen LogP contribution in [0, 0.1) is 22.7 Å². The molecule has 1 aliphatic rings. The van der Waals surface area contributed by atoms with Crippen molar-refractivity contribution in [3.8, 4) is 0 Å². The molecule has 2 heteroatoms. The molecule has 1 fully saturated rings. The molecular weight excluding hydrogens is 212 g/mol. The number of ketones is 2. The summed E-state index contributed by atoms with van der Waals surface area (Å²) in [6.45, 7) is 12.5. The Bertz CT molecular complexity index is 315. The van der Waals surface area contributed by atoms with Crippen molar-refractivity contribution in [1.29, 1.82) is 0 Å². The Balaban J connectivity index is 3.06. The molecule has 0 aromatic rings. The van der Waals surface area contributed by atoms with Gasteiger partial charge in [0.05, 0.1) is 0 Å². The van der Waals surface area contributed by atoms with Crippen molar-refractivity contribution in [3.63, 3.8) is 0 Å². The lowest BCUT2D eigenvalue weighted by molar-refractivity contribution is -0.134. The molecular formula is C15H26O2. The highest BCUT2D eigenvalue weighted by Gasteiger charge is 2.42. The molecule has 98 valence electrons. The number of hydrogen-bond acceptors (Lipinski definition) is 2. The number of rotatable bonds is 0. The summed E-state index contributed by atoms with van der Waals surface area (Å²) in [5.41, 5.74) is -0.147. The van der Waals surface area contributed by atoms with Crippen LogP contribution in [0.25, 0.3) is 0 Å². The molecule has 17 heavy (non-hydrogen) atoms. The van der Waals surface area contributed by atoms with Crippen LogP contribution in [0.15, 0.2) is 0 Å². The van der Waals surface area contributed by atoms with Crippen LogP contribution in [-0.4, -0.2) is 11.6 Å². The van der Waals surface area contributed by atoms with Gasteiger partial charge in [-0.1, -0.05) is 41.5 Å². The van der Waals surface area contributed by atoms with Gasteiger partial charge in [-0.15, -0.1) is 0 Å². The van der Waals surface area contributed by atoms with Crippen LogP contribution in [0.5, 0.6) is 0 Å². The third-order valence-corrected chi connectivity index (χ3v) is 3.92. The number of carbonyl (C=O) groups is 2. The van der Waals surface area contributed by atoms with Crippen LogP contribution in [0.4, 0.5) is 0 Å². The summed E-state index contributed by atoms with van der Waals surface area (Å²) < 4.78 is 0. The van der Waals surface area contributed by atoms with Gasteiger partial charge in [0, 0.05) is 24.7 Å². The standard InChI is InChI=1S/C15H26O2/c1-14(2,3)11-8-7-10(16)9-12(13(11)17)15(4,5)6/h11-12H,7-9H2,1-6H3. The molecule has 2 nitrogen and oxygen atoms in total. The molecule has 0 saturated heterocycles. The molecule has 0 N–H and O–H groups in total. The molecule has 0 aliphatic heterocycles. The zero-order valence-corrected chi connectivity index (χ0v) is 12.1. The minimum atomic E-state index is -0.111. The summed E-state index contributed by atoms with van der Waals surface area (Å²) in [5, 5.41) is 0. The SMILES string of the molecule is CC(C)(C)C1CCC(=O)CC(C(C)(C)C)C1=O. The van der Waals surface area contributed by atoms with E-state index in [1.54, 1.807) is 0 Å². The first kappa shape index (κ1) is 14.4. The van der Waals surface area contributed by atoms with E-state index in [1.807, 2.05) is 0 Å². The van der Waals surface area contributed by atoms with E-state index in [1.165, 1.54) is 0 Å². The van der Waals surface area contributed by atoms with Crippen molar-refractivity contribution in [1.82, 2.24) is 0 Å². The molecule has 0 bridgehead atoms. The first-order valence-electron chi connectivity index (χ1n) is 6.59. The van der Waals surface area contributed by atoms with Crippen molar-refractivity contribution in [3.05, 3.63) is 0 Å². The van der Waals surface area contributed by atoms with Gasteiger partial charge in [-0.3, -0.25) is 9.59 Å². The van der Waals surface area contributed by atoms with E-state index in [9.17, 15) is 9.59 Å². The first-order chi connectivity index (χ1) is 7.53. The van der Waals surface area contributed by atoms with E-state index >= 15 is 0 Å². The lowest BCUT2D eigenvalue weighted by atomic mass is 9.68. The molecule has 0 amide bonds. The fourth-order valence-corrected chi connectivity index (χ4v) is 2.71. The lowest BCUT2D eigenvalue weighted by Crippen LogP contribution is -2.37. The molecule has 0 radical (unpaired) electrons. The van der Waals surface area contributed by atoms with Crippen LogP contribution in [0.3, 0.4) is 0 Å². The van der Waals surface area contributed by atoms with E-state index in [-0.39, 0.29) is 28.4 Å². The third-order valence-electron chi connectivity index (χ3n) is 3.92. The van der Waals surface area contributed by atoms with Crippen molar-refractivity contribution in [2.24, 2.45) is 22.7 Å². The highest BCUT2D eigenvalue weighted by molar-refractivity contribution is 5.92. The Hall–Kier alpha value is -0.660. The summed E-state index contributed by atoms with van der Waals surface area (Å²) in [4.78, 5) is 24.4. The molecule has 2 unspecified atom stereocenters. The normalized spacial score (nSPS) is 28.1. The minimum Gasteiger partial charge on any atom is -0.300 e. The van der Waals surface area contributed by atoms with Gasteiger partial charge in [0.2, 0.25) is 0 Å². The summed E-state index contributed by atoms with van der Waals surface area (Å²) in [6, 6.07) is 0. The molecule has 0 aromatic heterocycles. The topological polar surface area (TPSA) is 34.1 Å². The zero-order valence-electron chi connectivity index (χ0n) is 12.1. The first-order valence-corrected chi connectivity index (χ1v) is 6.59. The van der Waals surface area contributed by atoms with E-state index < -0.39 is 0 Å². The molecule has 0 heterocycles. The van der Waals surface area contributed by atoms with Crippen LogP contribution >= 0.6 is 0 Å². The van der Waals surface area contributed by atoms with Gasteiger partial charge < -0.3 is 0 Å². The summed E-state index contributed by atoms with van der Waals surface area (Å²) in [6.07, 6.45) is 1.74. The second-order valence-electron chi connectivity index (χ2n) is 7.52. The van der Waals surface area contributed by atoms with Gasteiger partial charge in [-0.2, -0.15) is 0 Å². The van der Waals surface area contributed by atoms with E-state index in [4.69, 9.17) is 0 Å². The van der Waals surface area contributed by atoms with Crippen LogP contribution in [0.2, 0.25) is 0 Å². The van der Waals surface area contributed by atoms with Crippen molar-refractivity contribution < 1.29 is 9.59 Å². The Kier molecular flexibility index (Phi) is 3.85. The highest BCUT2D eigenvalue weighted by Crippen LogP contribution is 2.41. The van der Waals surface area contributed by atoms with Gasteiger partial charge in [-0.25, -0.2) is 0 Å². The van der Waals surface area contributed by atoms with E-state index in [2.05, 4.69) is 41.5 Å². The number of carbonyl (C=O) groups excluding carboxylic acids is 2. The quantitative estimate of drug-likeness (QED) is 0.604. The van der Waals surface area contributed by atoms with Gasteiger partial charge in [-0.05, 0) is 17.3 Å². The van der Waals surface area contributed by atoms with Gasteiger partial charge >= 0.3 is 0 Å². The van der Waals surface area contributed by atoms with Crippen LogP contribution < -0.4 is 0 Å². The molecule has 2 atom stereocenters. The molecule has 1 rings (SSSR count). The Morgan fingerprint density at radius 1 is 0.882 bits per heavy atom. The van der Waals surface area contributed by atoms with Crippen molar-refractivity contribution in [2.45, 2.75) is 60.8 Å². The van der Waals surface area contributed by atoms with Crippen LogP contribution in [0.1, 0.15) is 60.8 Å². The predicted molar refractivity (Wildman–Crippen MR) is 69.8 cm³/mol. The molecule has 0 spiro atoms. The predicted octanol–water partition coefficient (Wildman–Crippen LogP) is 3.63. The van der Waals surface area contributed by atoms with Crippen molar-refractivity contribution >= 4 is 11.6 Å². The maximum absolute atomic E-state index is 12.6. The highest BCUT2D eigenvalue weighted by atomic mass is 16.1. The van der Waals surface area contributed by atoms with Gasteiger partial charge in [0.15, 0.2) is 0 Å². The summed E-state index contributed by atoms with van der Waals surface area (Å²) in [7, 11) is 0. The Morgan fingerprint density at radius 3 is 1.76 bits per heavy atom. The minimum absolute atomic E-state index is 0.0261. The maximum atomic E-state index is 12.6. The van der Waals surface area contributed by atoms with Gasteiger partial charge in [0.1, 0.15) is 11.6 Å². The second kappa shape index (κ2) is 4.55. The zero-order chi connectivity index (χ0) is 13.4. The van der Waals surface area contributed by atoms with E-state index in [0.717, 1.165) is 6.42 Å². The monoisotopic (exact) mass is 238 g/mol. The number of hydrogen-bond donors (Lipinski definition) is 0. The molecule has 1 saturated carbocycles. The Labute approximate surface area is 105 Å². The smallest absolute Gasteiger partial charge is 0.140 e. The lowest BCUT2D eigenvalue weighted by Gasteiger charge is -2.35. The summed E-state index contributed by atoms with van der Waals surface area (Å²) >= 11 is 0. The second-order valence-corrected chi connectivity index (χ2v) is 7.52. The Morgan fingerprint density at radius 2 is 1.35 bits per heavy atom. The maximum Gasteiger partial charge on any atom is 0.140 e. The van der Waals surface area contributed by atoms with Gasteiger partial charge in [0.25, 0.3) is 0 Å². The van der Waals surface area contributed by atoms with Crippen LogP contribution in [-0.2, 0) is 9.59 Å². The molecule has 0 aromatic carbocycles. The van der Waals surface area contributed by atoms with Crippen molar-refractivity contribution in [2.75, 3.05) is 0 Å². The third kappa shape index (κ3) is 3.40. The number of Topliss-reactive ketones (excluding diaryl/α,β-unsaturated/α-hetero) is 2.